The lowest BCUT2D eigenvalue weighted by molar-refractivity contribution is 0.251. The number of aryl methyl sites for hydroxylation is 1. The number of unbranched alkanes of at least 4 members (excludes halogenated alkanes) is 1. The van der Waals surface area contributed by atoms with E-state index in [0.717, 1.165) is 68.0 Å². The summed E-state index contributed by atoms with van der Waals surface area (Å²) in [5.41, 5.74) is 0.162. The average molecular weight is 461 g/mol. The molecule has 5 rings (SSSR count). The Morgan fingerprint density at radius 1 is 0.833 bits per heavy atom. The number of hydrogen-bond acceptors (Lipinski definition) is 6. The maximum atomic E-state index is 12.4. The van der Waals surface area contributed by atoms with Crippen LogP contribution in [0.25, 0.3) is 20.2 Å². The average Bonchev–Trinajstić information content (AvgIpc) is 3.33. The van der Waals surface area contributed by atoms with Crippen molar-refractivity contribution in [2.75, 3.05) is 37.6 Å². The summed E-state index contributed by atoms with van der Waals surface area (Å²) in [4.78, 5) is 17.4. The van der Waals surface area contributed by atoms with Crippen molar-refractivity contribution in [1.29, 1.82) is 0 Å². The summed E-state index contributed by atoms with van der Waals surface area (Å²) < 4.78 is 8.96. The molecular formula is C22H25ClN4OS2. The van der Waals surface area contributed by atoms with E-state index in [1.54, 1.807) is 23.1 Å². The standard InChI is InChI=1S/C22H24N4OS2.ClH/c27-22-18-8-2-4-10-20(18)29-26(22)12-6-5-11-24-13-15-25(16-14-24)21-17-7-1-3-9-19(17)28-23-21;/h1-4,7-10H,5-6,11-16H2;1H. The van der Waals surface area contributed by atoms with Crippen molar-refractivity contribution in [3.8, 4) is 0 Å². The zero-order valence-electron chi connectivity index (χ0n) is 16.7. The molecular weight excluding hydrogens is 436 g/mol. The minimum Gasteiger partial charge on any atom is -0.353 e. The fourth-order valence-electron chi connectivity index (χ4n) is 4.04. The first-order valence-corrected chi connectivity index (χ1v) is 11.7. The molecule has 0 atom stereocenters. The number of anilines is 1. The first-order chi connectivity index (χ1) is 14.3. The van der Waals surface area contributed by atoms with Gasteiger partial charge >= 0.3 is 0 Å². The Morgan fingerprint density at radius 2 is 1.50 bits per heavy atom. The lowest BCUT2D eigenvalue weighted by Crippen LogP contribution is -2.46. The maximum absolute atomic E-state index is 12.4. The molecule has 1 saturated heterocycles. The minimum atomic E-state index is 0. The van der Waals surface area contributed by atoms with Gasteiger partial charge in [0.05, 0.1) is 14.8 Å². The second-order valence-corrected chi connectivity index (χ2v) is 9.40. The smallest absolute Gasteiger partial charge is 0.268 e. The second-order valence-electron chi connectivity index (χ2n) is 7.53. The molecule has 1 aliphatic heterocycles. The molecule has 0 bridgehead atoms. The third kappa shape index (κ3) is 4.25. The number of nitrogens with zero attached hydrogens (tertiary/aromatic N) is 4. The fraction of sp³-hybridized carbons (Fsp3) is 0.364. The van der Waals surface area contributed by atoms with Crippen LogP contribution in [0, 0.1) is 0 Å². The van der Waals surface area contributed by atoms with Gasteiger partial charge in [0.2, 0.25) is 0 Å². The first-order valence-electron chi connectivity index (χ1n) is 10.2. The molecule has 0 unspecified atom stereocenters. The Hall–Kier alpha value is -1.93. The van der Waals surface area contributed by atoms with Crippen LogP contribution in [0.15, 0.2) is 53.3 Å². The van der Waals surface area contributed by atoms with Gasteiger partial charge in [-0.25, -0.2) is 0 Å². The number of fused-ring (bicyclic) bond motifs is 2. The quantitative estimate of drug-likeness (QED) is 0.391. The summed E-state index contributed by atoms with van der Waals surface area (Å²) in [6, 6.07) is 16.4. The molecule has 4 aromatic rings. The molecule has 0 radical (unpaired) electrons. The van der Waals surface area contributed by atoms with Crippen molar-refractivity contribution in [3.63, 3.8) is 0 Å². The molecule has 2 aromatic carbocycles. The topological polar surface area (TPSA) is 41.4 Å². The van der Waals surface area contributed by atoms with E-state index in [1.165, 1.54) is 10.1 Å². The highest BCUT2D eigenvalue weighted by molar-refractivity contribution is 7.14. The summed E-state index contributed by atoms with van der Waals surface area (Å²) in [5, 5.41) is 2.13. The van der Waals surface area contributed by atoms with E-state index >= 15 is 0 Å². The number of halogens is 1. The van der Waals surface area contributed by atoms with Gasteiger partial charge in [0.25, 0.3) is 5.56 Å². The molecule has 0 spiro atoms. The third-order valence-electron chi connectivity index (χ3n) is 5.67. The van der Waals surface area contributed by atoms with E-state index in [-0.39, 0.29) is 18.0 Å². The zero-order chi connectivity index (χ0) is 19.6. The van der Waals surface area contributed by atoms with Gasteiger partial charge in [-0.2, -0.15) is 4.37 Å². The Labute approximate surface area is 190 Å². The fourth-order valence-corrected chi connectivity index (χ4v) is 5.87. The number of aromatic nitrogens is 2. The minimum absolute atomic E-state index is 0. The number of hydrogen-bond donors (Lipinski definition) is 0. The highest BCUT2D eigenvalue weighted by Crippen LogP contribution is 2.29. The molecule has 30 heavy (non-hydrogen) atoms. The largest absolute Gasteiger partial charge is 0.353 e. The van der Waals surface area contributed by atoms with E-state index in [4.69, 9.17) is 4.37 Å². The van der Waals surface area contributed by atoms with Crippen LogP contribution in [0.4, 0.5) is 5.82 Å². The summed E-state index contributed by atoms with van der Waals surface area (Å²) in [6.45, 7) is 6.14. The molecule has 1 aliphatic rings. The van der Waals surface area contributed by atoms with Gasteiger partial charge < -0.3 is 4.90 Å². The van der Waals surface area contributed by atoms with Gasteiger partial charge in [-0.05, 0) is 55.2 Å². The van der Waals surface area contributed by atoms with Crippen LogP contribution >= 0.6 is 35.5 Å². The Balaban J connectivity index is 0.00000218. The van der Waals surface area contributed by atoms with E-state index in [1.807, 2.05) is 28.2 Å². The summed E-state index contributed by atoms with van der Waals surface area (Å²) in [7, 11) is 0. The monoisotopic (exact) mass is 460 g/mol. The molecule has 0 N–H and O–H groups in total. The molecule has 0 saturated carbocycles. The van der Waals surface area contributed by atoms with Crippen LogP contribution < -0.4 is 10.5 Å². The van der Waals surface area contributed by atoms with E-state index in [2.05, 4.69) is 34.1 Å². The van der Waals surface area contributed by atoms with E-state index in [9.17, 15) is 4.79 Å². The molecule has 0 aliphatic carbocycles. The Bertz CT molecular complexity index is 1180. The van der Waals surface area contributed by atoms with E-state index in [0.29, 0.717) is 0 Å². The van der Waals surface area contributed by atoms with Gasteiger partial charge in [-0.15, -0.1) is 12.4 Å². The van der Waals surface area contributed by atoms with Gasteiger partial charge in [0.1, 0.15) is 5.82 Å². The van der Waals surface area contributed by atoms with Crippen LogP contribution in [-0.4, -0.2) is 46.0 Å². The number of benzene rings is 2. The van der Waals surface area contributed by atoms with Crippen LogP contribution in [0.3, 0.4) is 0 Å². The van der Waals surface area contributed by atoms with Crippen molar-refractivity contribution in [1.82, 2.24) is 13.2 Å². The van der Waals surface area contributed by atoms with Crippen molar-refractivity contribution in [2.45, 2.75) is 19.4 Å². The predicted octanol–water partition coefficient (Wildman–Crippen LogP) is 4.70. The summed E-state index contributed by atoms with van der Waals surface area (Å²) in [5.74, 6) is 1.15. The molecule has 5 nitrogen and oxygen atoms in total. The molecule has 158 valence electrons. The zero-order valence-corrected chi connectivity index (χ0v) is 19.1. The van der Waals surface area contributed by atoms with Crippen molar-refractivity contribution in [3.05, 3.63) is 58.9 Å². The number of piperazine rings is 1. The van der Waals surface area contributed by atoms with Crippen molar-refractivity contribution >= 4 is 61.5 Å². The molecule has 8 heteroatoms. The van der Waals surface area contributed by atoms with Crippen LogP contribution in [0.5, 0.6) is 0 Å². The van der Waals surface area contributed by atoms with Crippen molar-refractivity contribution in [2.24, 2.45) is 0 Å². The first kappa shape index (κ1) is 21.3. The van der Waals surface area contributed by atoms with Gasteiger partial charge in [-0.1, -0.05) is 35.8 Å². The highest BCUT2D eigenvalue weighted by atomic mass is 35.5. The molecule has 3 heterocycles. The predicted molar refractivity (Wildman–Crippen MR) is 131 cm³/mol. The van der Waals surface area contributed by atoms with Crippen LogP contribution in [-0.2, 0) is 6.54 Å². The second kappa shape index (κ2) is 9.47. The van der Waals surface area contributed by atoms with Crippen molar-refractivity contribution < 1.29 is 0 Å². The summed E-state index contributed by atoms with van der Waals surface area (Å²) >= 11 is 3.18. The lowest BCUT2D eigenvalue weighted by atomic mass is 10.2. The van der Waals surface area contributed by atoms with Gasteiger partial charge in [0.15, 0.2) is 0 Å². The Morgan fingerprint density at radius 3 is 2.27 bits per heavy atom. The molecule has 0 amide bonds. The maximum Gasteiger partial charge on any atom is 0.268 e. The van der Waals surface area contributed by atoms with Gasteiger partial charge in [0, 0.05) is 38.1 Å². The van der Waals surface area contributed by atoms with Crippen LogP contribution in [0.1, 0.15) is 12.8 Å². The number of rotatable bonds is 6. The molecule has 1 fully saturated rings. The Kier molecular flexibility index (Phi) is 6.73. The molecule has 2 aromatic heterocycles. The lowest BCUT2D eigenvalue weighted by Gasteiger charge is -2.35. The van der Waals surface area contributed by atoms with E-state index < -0.39 is 0 Å². The highest BCUT2D eigenvalue weighted by Gasteiger charge is 2.20. The normalized spacial score (nSPS) is 15.0. The third-order valence-corrected chi connectivity index (χ3v) is 7.61. The summed E-state index contributed by atoms with van der Waals surface area (Å²) in [6.07, 6.45) is 2.17. The van der Waals surface area contributed by atoms with Gasteiger partial charge in [-0.3, -0.25) is 13.7 Å². The van der Waals surface area contributed by atoms with Crippen LogP contribution in [0.2, 0.25) is 0 Å². The SMILES string of the molecule is Cl.O=c1c2ccccc2sn1CCCCN1CCN(c2nsc3ccccc23)CC1.